The lowest BCUT2D eigenvalue weighted by atomic mass is 9.67. The van der Waals surface area contributed by atoms with Crippen LogP contribution in [-0.4, -0.2) is 37.3 Å². The van der Waals surface area contributed by atoms with Gasteiger partial charge in [-0.3, -0.25) is 4.79 Å². The fraction of sp³-hybridized carbons (Fsp3) is 0.286. The Bertz CT molecular complexity index is 1360. The molecule has 3 aromatic carbocycles. The molecule has 0 N–H and O–H groups in total. The zero-order valence-electron chi connectivity index (χ0n) is 19.7. The molecule has 0 unspecified atom stereocenters. The van der Waals surface area contributed by atoms with Gasteiger partial charge < -0.3 is 9.80 Å². The van der Waals surface area contributed by atoms with Crippen molar-refractivity contribution in [1.82, 2.24) is 0 Å². The number of piperazine rings is 1. The number of carbonyl (C=O) groups excluding carboxylic acids is 1. The van der Waals surface area contributed by atoms with E-state index in [2.05, 4.69) is 50.0 Å². The Balaban J connectivity index is 1.46. The normalized spacial score (nSPS) is 23.4. The first-order chi connectivity index (χ1) is 16.9. The maximum absolute atomic E-state index is 14.4. The predicted molar refractivity (Wildman–Crippen MR) is 147 cm³/mol. The molecule has 6 rings (SSSR count). The van der Waals surface area contributed by atoms with Gasteiger partial charge in [-0.15, -0.1) is 0 Å². The van der Waals surface area contributed by atoms with Gasteiger partial charge in [-0.2, -0.15) is 10.1 Å². The maximum Gasteiger partial charge on any atom is 0.261 e. The fourth-order valence-electron chi connectivity index (χ4n) is 5.87. The Morgan fingerprint density at radius 1 is 1.00 bits per heavy atom. The second-order valence-electron chi connectivity index (χ2n) is 9.69. The molecule has 3 heterocycles. The largest absolute Gasteiger partial charge is 0.368 e. The van der Waals surface area contributed by atoms with Crippen molar-refractivity contribution >= 4 is 56.2 Å². The van der Waals surface area contributed by atoms with Crippen LogP contribution in [0.15, 0.2) is 76.3 Å². The molecule has 0 saturated carbocycles. The van der Waals surface area contributed by atoms with Gasteiger partial charge in [0, 0.05) is 40.5 Å². The second kappa shape index (κ2) is 8.38. The number of nitrogens with zero attached hydrogens (tertiary/aromatic N) is 4. The summed E-state index contributed by atoms with van der Waals surface area (Å²) in [5.74, 6) is 0.0485. The molecule has 5 nitrogen and oxygen atoms in total. The topological polar surface area (TPSA) is 39.2 Å². The summed E-state index contributed by atoms with van der Waals surface area (Å²) < 4.78 is 1.03. The average molecular weight is 550 g/mol. The molecule has 0 aromatic heterocycles. The highest BCUT2D eigenvalue weighted by Crippen LogP contribution is 2.49. The first-order valence-corrected chi connectivity index (χ1v) is 13.1. The molecule has 1 saturated heterocycles. The Hall–Kier alpha value is -2.83. The molecule has 3 aliphatic heterocycles. The van der Waals surface area contributed by atoms with Crippen LogP contribution >= 0.6 is 27.5 Å². The number of hydrogen-bond acceptors (Lipinski definition) is 4. The molecule has 35 heavy (non-hydrogen) atoms. The summed E-state index contributed by atoms with van der Waals surface area (Å²) in [6, 6.07) is 22.4. The van der Waals surface area contributed by atoms with Gasteiger partial charge >= 0.3 is 0 Å². The van der Waals surface area contributed by atoms with Crippen LogP contribution in [0.3, 0.4) is 0 Å². The molecule has 1 amide bonds. The van der Waals surface area contributed by atoms with Crippen molar-refractivity contribution < 1.29 is 4.79 Å². The van der Waals surface area contributed by atoms with Gasteiger partial charge in [-0.05, 0) is 74.4 Å². The Kier molecular flexibility index (Phi) is 5.42. The number of hydrazone groups is 1. The summed E-state index contributed by atoms with van der Waals surface area (Å²) in [5, 5.41) is 7.21. The summed E-state index contributed by atoms with van der Waals surface area (Å²) in [4.78, 5) is 19.1. The molecular weight excluding hydrogens is 524 g/mol. The minimum atomic E-state index is -0.740. The maximum atomic E-state index is 14.4. The highest BCUT2D eigenvalue weighted by atomic mass is 79.9. The first kappa shape index (κ1) is 22.6. The minimum Gasteiger partial charge on any atom is -0.368 e. The lowest BCUT2D eigenvalue weighted by molar-refractivity contribution is -0.125. The number of amides is 1. The number of benzene rings is 3. The molecule has 0 aliphatic carbocycles. The highest BCUT2D eigenvalue weighted by Gasteiger charge is 2.60. The zero-order chi connectivity index (χ0) is 24.3. The predicted octanol–water partition coefficient (Wildman–Crippen LogP) is 6.07. The van der Waals surface area contributed by atoms with Gasteiger partial charge in [0.2, 0.25) is 0 Å². The summed E-state index contributed by atoms with van der Waals surface area (Å²) in [6.45, 7) is 6.46. The number of halogens is 2. The van der Waals surface area contributed by atoms with E-state index in [-0.39, 0.29) is 11.9 Å². The first-order valence-electron chi connectivity index (χ1n) is 11.9. The van der Waals surface area contributed by atoms with Crippen LogP contribution in [0.1, 0.15) is 18.1 Å². The van der Waals surface area contributed by atoms with Gasteiger partial charge in [0.1, 0.15) is 5.41 Å². The lowest BCUT2D eigenvalue weighted by Gasteiger charge is -2.53. The van der Waals surface area contributed by atoms with Gasteiger partial charge in [-0.1, -0.05) is 51.3 Å². The van der Waals surface area contributed by atoms with Crippen molar-refractivity contribution in [2.24, 2.45) is 10.5 Å². The summed E-state index contributed by atoms with van der Waals surface area (Å²) in [6.07, 6.45) is 0.628. The van der Waals surface area contributed by atoms with Crippen LogP contribution in [-0.2, 0) is 11.2 Å². The Morgan fingerprint density at radius 3 is 2.57 bits per heavy atom. The number of hydrogen-bond donors (Lipinski definition) is 0. The van der Waals surface area contributed by atoms with E-state index in [0.717, 1.165) is 51.8 Å². The number of anilines is 3. The van der Waals surface area contributed by atoms with Crippen LogP contribution in [0, 0.1) is 12.3 Å². The summed E-state index contributed by atoms with van der Waals surface area (Å²) >= 11 is 9.97. The summed E-state index contributed by atoms with van der Waals surface area (Å²) in [7, 11) is 0. The van der Waals surface area contributed by atoms with Crippen LogP contribution < -0.4 is 14.8 Å². The third-order valence-electron chi connectivity index (χ3n) is 7.69. The molecule has 2 atom stereocenters. The Morgan fingerprint density at radius 2 is 1.80 bits per heavy atom. The van der Waals surface area contributed by atoms with Crippen molar-refractivity contribution in [2.75, 3.05) is 34.4 Å². The van der Waals surface area contributed by atoms with E-state index in [1.54, 1.807) is 5.01 Å². The molecule has 1 fully saturated rings. The van der Waals surface area contributed by atoms with Crippen LogP contribution in [0.2, 0.25) is 5.02 Å². The fourth-order valence-corrected chi connectivity index (χ4v) is 6.46. The smallest absolute Gasteiger partial charge is 0.261 e. The summed E-state index contributed by atoms with van der Waals surface area (Å²) in [5.41, 5.74) is 5.58. The molecule has 178 valence electrons. The molecule has 1 spiro atoms. The zero-order valence-corrected chi connectivity index (χ0v) is 22.1. The molecule has 7 heteroatoms. The van der Waals surface area contributed by atoms with E-state index < -0.39 is 5.41 Å². The van der Waals surface area contributed by atoms with Gasteiger partial charge in [0.05, 0.1) is 17.4 Å². The third kappa shape index (κ3) is 3.57. The van der Waals surface area contributed by atoms with E-state index in [1.807, 2.05) is 56.3 Å². The van der Waals surface area contributed by atoms with Gasteiger partial charge in [0.25, 0.3) is 5.91 Å². The third-order valence-corrected chi connectivity index (χ3v) is 8.42. The average Bonchev–Trinajstić information content (AvgIpc) is 3.09. The number of rotatable bonds is 2. The molecular formula is C28H26BrClN4O. The number of fused-ring (bicyclic) bond motifs is 4. The minimum absolute atomic E-state index is 0.0457. The van der Waals surface area contributed by atoms with E-state index in [1.165, 1.54) is 11.3 Å². The molecule has 3 aromatic rings. The van der Waals surface area contributed by atoms with E-state index in [0.29, 0.717) is 6.42 Å². The van der Waals surface area contributed by atoms with E-state index in [4.69, 9.17) is 16.7 Å². The monoisotopic (exact) mass is 548 g/mol. The second-order valence-corrected chi connectivity index (χ2v) is 11.0. The number of carbonyl (C=O) groups is 1. The molecule has 0 radical (unpaired) electrons. The molecule has 3 aliphatic rings. The van der Waals surface area contributed by atoms with Crippen LogP contribution in [0.5, 0.6) is 0 Å². The standard InChI is InChI=1S/C28H26BrClN4O/c1-18-6-9-23(10-7-18)34-27(35)28(19(2)31-34)16-20-14-21(29)8-11-25(20)33-13-12-32(17-26(28)33)24-5-3-4-22(30)15-24/h3-11,14-15,26H,12-13,16-17H2,1-2H3/t26-,28-/m1/s1. The van der Waals surface area contributed by atoms with Gasteiger partial charge in [-0.25, -0.2) is 0 Å². The van der Waals surface area contributed by atoms with Crippen molar-refractivity contribution in [3.63, 3.8) is 0 Å². The van der Waals surface area contributed by atoms with E-state index >= 15 is 0 Å². The van der Waals surface area contributed by atoms with Crippen molar-refractivity contribution in [1.29, 1.82) is 0 Å². The van der Waals surface area contributed by atoms with E-state index in [9.17, 15) is 4.79 Å². The van der Waals surface area contributed by atoms with Gasteiger partial charge in [0.15, 0.2) is 0 Å². The SMILES string of the molecule is CC1=NN(c2ccc(C)cc2)C(=O)[C@]12Cc1cc(Br)ccc1N1CCN(c3cccc(Cl)c3)C[C@@H]12. The van der Waals surface area contributed by atoms with Crippen molar-refractivity contribution in [2.45, 2.75) is 26.3 Å². The van der Waals surface area contributed by atoms with Crippen molar-refractivity contribution in [3.8, 4) is 0 Å². The van der Waals surface area contributed by atoms with Crippen molar-refractivity contribution in [3.05, 3.63) is 87.4 Å². The van der Waals surface area contributed by atoms with Crippen LogP contribution in [0.25, 0.3) is 0 Å². The highest BCUT2D eigenvalue weighted by molar-refractivity contribution is 9.10. The number of aryl methyl sites for hydroxylation is 1. The Labute approximate surface area is 219 Å². The quantitative estimate of drug-likeness (QED) is 0.389. The molecule has 0 bridgehead atoms. The lowest BCUT2D eigenvalue weighted by Crippen LogP contribution is -2.67. The van der Waals surface area contributed by atoms with Crippen LogP contribution in [0.4, 0.5) is 17.1 Å².